The first-order chi connectivity index (χ1) is 13.5. The van der Waals surface area contributed by atoms with E-state index in [-0.39, 0.29) is 11.6 Å². The summed E-state index contributed by atoms with van der Waals surface area (Å²) >= 11 is 18.2. The number of nitrogens with zero attached hydrogens (tertiary/aromatic N) is 3. The fraction of sp³-hybridized carbons (Fsp3) is 0.167. The largest absolute Gasteiger partial charge is 0.489 e. The van der Waals surface area contributed by atoms with E-state index < -0.39 is 5.09 Å². The van der Waals surface area contributed by atoms with E-state index in [0.29, 0.717) is 40.0 Å². The van der Waals surface area contributed by atoms with Gasteiger partial charge >= 0.3 is 0 Å². The van der Waals surface area contributed by atoms with E-state index >= 15 is 0 Å². The normalized spacial score (nSPS) is 10.7. The maximum atomic E-state index is 10.5. The summed E-state index contributed by atoms with van der Waals surface area (Å²) in [5.74, 6) is 1.09. The highest BCUT2D eigenvalue weighted by Crippen LogP contribution is 2.33. The van der Waals surface area contributed by atoms with Gasteiger partial charge < -0.3 is 4.74 Å². The van der Waals surface area contributed by atoms with E-state index in [1.807, 2.05) is 24.3 Å². The van der Waals surface area contributed by atoms with Crippen LogP contribution >= 0.6 is 34.8 Å². The fourth-order valence-electron chi connectivity index (χ4n) is 2.57. The molecule has 0 amide bonds. The van der Waals surface area contributed by atoms with Crippen molar-refractivity contribution >= 4 is 34.8 Å². The summed E-state index contributed by atoms with van der Waals surface area (Å²) in [6.07, 6.45) is 3.79. The molecule has 3 aromatic rings. The van der Waals surface area contributed by atoms with Crippen LogP contribution in [0.15, 0.2) is 48.8 Å². The first-order valence-corrected chi connectivity index (χ1v) is 9.27. The van der Waals surface area contributed by atoms with Gasteiger partial charge in [-0.25, -0.2) is 15.1 Å². The number of hydrogen-bond acceptors (Lipinski definition) is 5. The Morgan fingerprint density at radius 2 is 1.82 bits per heavy atom. The van der Waals surface area contributed by atoms with E-state index in [1.165, 1.54) is 12.4 Å². The van der Waals surface area contributed by atoms with Crippen LogP contribution in [0.3, 0.4) is 0 Å². The zero-order valence-electron chi connectivity index (χ0n) is 14.3. The first kappa shape index (κ1) is 20.3. The minimum atomic E-state index is -0.886. The Kier molecular flexibility index (Phi) is 6.61. The molecule has 0 saturated heterocycles. The Hall–Kier alpha value is -2.48. The average molecular weight is 443 g/mol. The van der Waals surface area contributed by atoms with Crippen LogP contribution in [0.2, 0.25) is 15.1 Å². The zero-order chi connectivity index (χ0) is 20.1. The smallest absolute Gasteiger partial charge is 0.225 e. The van der Waals surface area contributed by atoms with Crippen LogP contribution in [-0.4, -0.2) is 14.8 Å². The molecule has 3 rings (SSSR count). The van der Waals surface area contributed by atoms with Crippen molar-refractivity contribution in [1.82, 2.24) is 9.71 Å². The number of halogens is 3. The van der Waals surface area contributed by atoms with E-state index in [0.717, 1.165) is 10.3 Å². The number of para-hydroxylation sites is 1. The molecule has 0 aliphatic carbocycles. The molecular formula is C18H14Cl3N3O4. The highest BCUT2D eigenvalue weighted by Gasteiger charge is 2.13. The molecule has 0 aliphatic heterocycles. The lowest BCUT2D eigenvalue weighted by atomic mass is 10.1. The van der Waals surface area contributed by atoms with Crippen LogP contribution in [0.4, 0.5) is 0 Å². The van der Waals surface area contributed by atoms with Crippen molar-refractivity contribution < 1.29 is 14.8 Å². The molecule has 0 radical (unpaired) electrons. The number of ether oxygens (including phenoxy) is 1. The van der Waals surface area contributed by atoms with Gasteiger partial charge in [-0.2, -0.15) is 4.94 Å². The Morgan fingerprint density at radius 3 is 2.61 bits per heavy atom. The fourth-order valence-corrected chi connectivity index (χ4v) is 3.18. The van der Waals surface area contributed by atoms with Crippen molar-refractivity contribution in [3.05, 3.63) is 90.9 Å². The third kappa shape index (κ3) is 4.86. The van der Waals surface area contributed by atoms with E-state index in [9.17, 15) is 10.1 Å². The minimum Gasteiger partial charge on any atom is -0.489 e. The lowest BCUT2D eigenvalue weighted by molar-refractivity contribution is -0.749. The van der Waals surface area contributed by atoms with Crippen molar-refractivity contribution in [1.29, 1.82) is 0 Å². The highest BCUT2D eigenvalue weighted by atomic mass is 35.5. The monoisotopic (exact) mass is 441 g/mol. The topological polar surface area (TPSA) is 79.4 Å². The van der Waals surface area contributed by atoms with Gasteiger partial charge in [-0.3, -0.25) is 0 Å². The summed E-state index contributed by atoms with van der Waals surface area (Å²) in [5, 5.41) is 10.7. The van der Waals surface area contributed by atoms with Crippen molar-refractivity contribution in [2.45, 2.75) is 19.4 Å². The lowest BCUT2D eigenvalue weighted by Gasteiger charge is -2.13. The van der Waals surface area contributed by atoms with Gasteiger partial charge in [0.25, 0.3) is 0 Å². The first-order valence-electron chi connectivity index (χ1n) is 8.14. The second-order valence-corrected chi connectivity index (χ2v) is 6.87. The molecule has 10 heteroatoms. The maximum absolute atomic E-state index is 10.5. The highest BCUT2D eigenvalue weighted by molar-refractivity contribution is 6.48. The Balaban J connectivity index is 1.69. The van der Waals surface area contributed by atoms with Crippen LogP contribution in [0.5, 0.6) is 5.75 Å². The number of benzene rings is 2. The van der Waals surface area contributed by atoms with Gasteiger partial charge in [-0.05, 0) is 24.1 Å². The van der Waals surface area contributed by atoms with Gasteiger partial charge in [0.1, 0.15) is 18.6 Å². The molecule has 1 aromatic heterocycles. The SMILES string of the molecule is O=[N+]([O-])On1ccnc1CCc1ccccc1OCc1ccc(Cl)c(Cl)c1Cl. The molecule has 0 fully saturated rings. The van der Waals surface area contributed by atoms with Gasteiger partial charge in [-0.1, -0.05) is 63.8 Å². The van der Waals surface area contributed by atoms with Crippen molar-refractivity contribution in [2.24, 2.45) is 0 Å². The predicted octanol–water partition coefficient (Wildman–Crippen LogP) is 4.83. The number of rotatable bonds is 8. The van der Waals surface area contributed by atoms with Gasteiger partial charge in [0.2, 0.25) is 5.82 Å². The van der Waals surface area contributed by atoms with Crippen LogP contribution in [-0.2, 0) is 19.4 Å². The summed E-state index contributed by atoms with van der Waals surface area (Å²) < 4.78 is 6.94. The third-order valence-electron chi connectivity index (χ3n) is 3.92. The summed E-state index contributed by atoms with van der Waals surface area (Å²) in [6, 6.07) is 10.9. The molecule has 0 spiro atoms. The number of imidazole rings is 1. The Labute approximate surface area is 175 Å². The third-order valence-corrected chi connectivity index (χ3v) is 5.26. The van der Waals surface area contributed by atoms with E-state index in [1.54, 1.807) is 12.1 Å². The summed E-state index contributed by atoms with van der Waals surface area (Å²) in [6.45, 7) is 0.214. The maximum Gasteiger partial charge on any atom is 0.225 e. The average Bonchev–Trinajstić information content (AvgIpc) is 3.11. The molecule has 0 aliphatic rings. The number of hydrogen-bond donors (Lipinski definition) is 0. The van der Waals surface area contributed by atoms with Crippen molar-refractivity contribution in [3.8, 4) is 5.75 Å². The molecule has 0 atom stereocenters. The Morgan fingerprint density at radius 1 is 1.04 bits per heavy atom. The second-order valence-electron chi connectivity index (χ2n) is 5.71. The summed E-state index contributed by atoms with van der Waals surface area (Å²) in [5.41, 5.74) is 1.62. The molecule has 146 valence electrons. The minimum absolute atomic E-state index is 0.214. The van der Waals surface area contributed by atoms with E-state index in [4.69, 9.17) is 39.5 Å². The van der Waals surface area contributed by atoms with Gasteiger partial charge in [0, 0.05) is 12.0 Å². The molecular weight excluding hydrogens is 429 g/mol. The number of aryl methyl sites for hydroxylation is 2. The molecule has 2 aromatic carbocycles. The molecule has 0 bridgehead atoms. The lowest BCUT2D eigenvalue weighted by Crippen LogP contribution is -2.19. The van der Waals surface area contributed by atoms with Crippen molar-refractivity contribution in [2.75, 3.05) is 0 Å². The molecule has 7 nitrogen and oxygen atoms in total. The second kappa shape index (κ2) is 9.14. The quantitative estimate of drug-likeness (QED) is 0.284. The van der Waals surface area contributed by atoms with Crippen LogP contribution < -0.4 is 9.68 Å². The Bertz CT molecular complexity index is 994. The predicted molar refractivity (Wildman–Crippen MR) is 105 cm³/mol. The summed E-state index contributed by atoms with van der Waals surface area (Å²) in [7, 11) is 0. The van der Waals surface area contributed by atoms with Crippen LogP contribution in [0.25, 0.3) is 0 Å². The van der Waals surface area contributed by atoms with E-state index in [2.05, 4.69) is 9.92 Å². The van der Waals surface area contributed by atoms with Gasteiger partial charge in [0.05, 0.1) is 21.3 Å². The number of aromatic nitrogens is 2. The standard InChI is InChI=1S/C18H14Cl3N3O4/c19-14-7-5-13(17(20)18(14)21)11-27-15-4-2-1-3-12(15)6-8-16-22-9-10-23(16)28-24(25)26/h1-5,7,9-10H,6,8,11H2. The van der Waals surface area contributed by atoms with Crippen LogP contribution in [0, 0.1) is 10.1 Å². The zero-order valence-corrected chi connectivity index (χ0v) is 16.6. The molecule has 0 unspecified atom stereocenters. The van der Waals surface area contributed by atoms with Crippen LogP contribution in [0.1, 0.15) is 17.0 Å². The van der Waals surface area contributed by atoms with Gasteiger partial charge in [-0.15, -0.1) is 0 Å². The summed E-state index contributed by atoms with van der Waals surface area (Å²) in [4.78, 5) is 19.1. The van der Waals surface area contributed by atoms with Gasteiger partial charge in [0.15, 0.2) is 5.09 Å². The molecule has 0 saturated carbocycles. The molecule has 28 heavy (non-hydrogen) atoms. The molecule has 1 heterocycles. The van der Waals surface area contributed by atoms with Crippen molar-refractivity contribution in [3.63, 3.8) is 0 Å². The molecule has 0 N–H and O–H groups in total.